The second kappa shape index (κ2) is 5.91. The van der Waals surface area contributed by atoms with Crippen molar-refractivity contribution in [2.45, 2.75) is 26.2 Å². The van der Waals surface area contributed by atoms with E-state index in [0.717, 1.165) is 25.9 Å². The second-order valence-electron chi connectivity index (χ2n) is 4.98. The lowest BCUT2D eigenvalue weighted by molar-refractivity contribution is -0.130. The van der Waals surface area contributed by atoms with Gasteiger partial charge in [-0.1, -0.05) is 0 Å². The van der Waals surface area contributed by atoms with E-state index < -0.39 is 0 Å². The van der Waals surface area contributed by atoms with E-state index in [-0.39, 0.29) is 18.3 Å². The molecule has 5 heteroatoms. The first kappa shape index (κ1) is 13.6. The number of nitrogens with two attached hydrogens (primary N) is 1. The van der Waals surface area contributed by atoms with Crippen LogP contribution in [0.4, 0.5) is 15.8 Å². The molecule has 0 aromatic heterocycles. The number of rotatable bonds is 3. The van der Waals surface area contributed by atoms with E-state index in [1.54, 1.807) is 13.0 Å². The summed E-state index contributed by atoms with van der Waals surface area (Å²) in [5.41, 5.74) is 7.19. The van der Waals surface area contributed by atoms with Crippen LogP contribution >= 0.6 is 0 Å². The van der Waals surface area contributed by atoms with E-state index in [4.69, 9.17) is 5.73 Å². The number of carbonyl (C=O) groups is 1. The molecule has 0 aliphatic carbocycles. The molecule has 0 spiro atoms. The van der Waals surface area contributed by atoms with E-state index in [0.29, 0.717) is 16.9 Å². The maximum atomic E-state index is 13.3. The monoisotopic (exact) mass is 265 g/mol. The minimum atomic E-state index is -0.328. The number of anilines is 2. The highest BCUT2D eigenvalue weighted by molar-refractivity contribution is 5.82. The summed E-state index contributed by atoms with van der Waals surface area (Å²) in [6.07, 6.45) is 3.34. The fourth-order valence-corrected chi connectivity index (χ4v) is 2.28. The van der Waals surface area contributed by atoms with Crippen molar-refractivity contribution >= 4 is 17.3 Å². The number of amides is 1. The Morgan fingerprint density at radius 2 is 2.05 bits per heavy atom. The normalized spacial score (nSPS) is 15.4. The summed E-state index contributed by atoms with van der Waals surface area (Å²) in [6.45, 7) is 3.54. The molecule has 4 nitrogen and oxygen atoms in total. The topological polar surface area (TPSA) is 58.4 Å². The number of aryl methyl sites for hydroxylation is 1. The number of nitrogen functional groups attached to an aromatic ring is 1. The molecule has 1 saturated heterocycles. The van der Waals surface area contributed by atoms with Gasteiger partial charge in [0, 0.05) is 13.1 Å². The van der Waals surface area contributed by atoms with Crippen molar-refractivity contribution in [3.63, 3.8) is 0 Å². The van der Waals surface area contributed by atoms with Gasteiger partial charge in [-0.15, -0.1) is 0 Å². The van der Waals surface area contributed by atoms with E-state index >= 15 is 0 Å². The van der Waals surface area contributed by atoms with E-state index in [2.05, 4.69) is 5.32 Å². The van der Waals surface area contributed by atoms with Crippen LogP contribution in [0.15, 0.2) is 12.1 Å². The molecule has 1 aliphatic heterocycles. The van der Waals surface area contributed by atoms with Gasteiger partial charge in [-0.2, -0.15) is 0 Å². The average molecular weight is 265 g/mol. The van der Waals surface area contributed by atoms with E-state index in [1.165, 1.54) is 12.5 Å². The number of nitrogens with one attached hydrogen (secondary N) is 1. The van der Waals surface area contributed by atoms with Crippen molar-refractivity contribution in [2.24, 2.45) is 0 Å². The van der Waals surface area contributed by atoms with Crippen LogP contribution in [0.25, 0.3) is 0 Å². The van der Waals surface area contributed by atoms with Gasteiger partial charge in [0.25, 0.3) is 0 Å². The predicted molar refractivity (Wildman–Crippen MR) is 74.5 cm³/mol. The summed E-state index contributed by atoms with van der Waals surface area (Å²) >= 11 is 0. The molecule has 0 radical (unpaired) electrons. The van der Waals surface area contributed by atoms with Crippen molar-refractivity contribution in [3.05, 3.63) is 23.5 Å². The Bertz CT molecular complexity index is 470. The largest absolute Gasteiger partial charge is 0.397 e. The Hall–Kier alpha value is -1.78. The van der Waals surface area contributed by atoms with Crippen LogP contribution in [0.5, 0.6) is 0 Å². The highest BCUT2D eigenvalue weighted by atomic mass is 19.1. The first-order valence-electron chi connectivity index (χ1n) is 6.65. The van der Waals surface area contributed by atoms with Crippen molar-refractivity contribution in [1.82, 2.24) is 4.90 Å². The molecular weight excluding hydrogens is 245 g/mol. The standard InChI is InChI=1S/C14H20FN3O/c1-10-7-13(12(16)8-11(10)15)17-9-14(19)18-5-3-2-4-6-18/h7-8,17H,2-6,9,16H2,1H3. The maximum Gasteiger partial charge on any atom is 0.241 e. The van der Waals surface area contributed by atoms with Gasteiger partial charge in [-0.05, 0) is 43.9 Å². The van der Waals surface area contributed by atoms with Gasteiger partial charge >= 0.3 is 0 Å². The van der Waals surface area contributed by atoms with Gasteiger partial charge in [0.2, 0.25) is 5.91 Å². The highest BCUT2D eigenvalue weighted by Crippen LogP contribution is 2.22. The molecule has 0 saturated carbocycles. The molecule has 3 N–H and O–H groups in total. The van der Waals surface area contributed by atoms with Gasteiger partial charge in [0.05, 0.1) is 17.9 Å². The van der Waals surface area contributed by atoms with E-state index in [9.17, 15) is 9.18 Å². The van der Waals surface area contributed by atoms with Crippen LogP contribution in [0.1, 0.15) is 24.8 Å². The number of hydrogen-bond donors (Lipinski definition) is 2. The SMILES string of the molecule is Cc1cc(NCC(=O)N2CCCCC2)c(N)cc1F. The zero-order valence-electron chi connectivity index (χ0n) is 11.2. The molecule has 1 amide bonds. The Balaban J connectivity index is 1.94. The lowest BCUT2D eigenvalue weighted by Gasteiger charge is -2.27. The Morgan fingerprint density at radius 3 is 2.74 bits per heavy atom. The molecule has 1 heterocycles. The highest BCUT2D eigenvalue weighted by Gasteiger charge is 2.16. The lowest BCUT2D eigenvalue weighted by atomic mass is 10.1. The molecule has 0 atom stereocenters. The number of benzene rings is 1. The summed E-state index contributed by atoms with van der Waals surface area (Å²) in [7, 11) is 0. The van der Waals surface area contributed by atoms with Gasteiger partial charge in [0.1, 0.15) is 5.82 Å². The van der Waals surface area contributed by atoms with Crippen molar-refractivity contribution < 1.29 is 9.18 Å². The minimum Gasteiger partial charge on any atom is -0.397 e. The summed E-state index contributed by atoms with van der Waals surface area (Å²) in [5, 5.41) is 3.00. The number of halogens is 1. The maximum absolute atomic E-state index is 13.3. The van der Waals surface area contributed by atoms with Crippen LogP contribution in [0.2, 0.25) is 0 Å². The molecule has 1 aromatic rings. The summed E-state index contributed by atoms with van der Waals surface area (Å²) in [6, 6.07) is 2.91. The third-order valence-electron chi connectivity index (χ3n) is 3.47. The Kier molecular flexibility index (Phi) is 4.24. The fraction of sp³-hybridized carbons (Fsp3) is 0.500. The first-order valence-corrected chi connectivity index (χ1v) is 6.65. The first-order chi connectivity index (χ1) is 9.08. The van der Waals surface area contributed by atoms with Crippen molar-refractivity contribution in [1.29, 1.82) is 0 Å². The predicted octanol–water partition coefficient (Wildman–Crippen LogP) is 2.14. The average Bonchev–Trinajstić information content (AvgIpc) is 2.42. The van der Waals surface area contributed by atoms with Crippen LogP contribution in [0, 0.1) is 12.7 Å². The second-order valence-corrected chi connectivity index (χ2v) is 4.98. The third kappa shape index (κ3) is 3.36. The molecule has 104 valence electrons. The van der Waals surface area contributed by atoms with E-state index in [1.807, 2.05) is 4.90 Å². The molecule has 2 rings (SSSR count). The zero-order valence-corrected chi connectivity index (χ0v) is 11.2. The summed E-state index contributed by atoms with van der Waals surface area (Å²) < 4.78 is 13.3. The summed E-state index contributed by atoms with van der Waals surface area (Å²) in [5.74, 6) is -0.258. The number of carbonyl (C=O) groups excluding carboxylic acids is 1. The zero-order chi connectivity index (χ0) is 13.8. The molecule has 1 aliphatic rings. The van der Waals surface area contributed by atoms with Crippen LogP contribution in [0.3, 0.4) is 0 Å². The Morgan fingerprint density at radius 1 is 1.37 bits per heavy atom. The molecule has 1 aromatic carbocycles. The number of likely N-dealkylation sites (tertiary alicyclic amines) is 1. The number of hydrogen-bond acceptors (Lipinski definition) is 3. The quantitative estimate of drug-likeness (QED) is 0.823. The molecule has 1 fully saturated rings. The van der Waals surface area contributed by atoms with Gasteiger partial charge in [-0.3, -0.25) is 4.79 Å². The fourth-order valence-electron chi connectivity index (χ4n) is 2.28. The minimum absolute atomic E-state index is 0.0704. The van der Waals surface area contributed by atoms with Crippen LogP contribution in [-0.2, 0) is 4.79 Å². The number of piperidine rings is 1. The van der Waals surface area contributed by atoms with Crippen LogP contribution in [-0.4, -0.2) is 30.4 Å². The molecular formula is C14H20FN3O. The van der Waals surface area contributed by atoms with Gasteiger partial charge < -0.3 is 16.0 Å². The van der Waals surface area contributed by atoms with Gasteiger partial charge in [-0.25, -0.2) is 4.39 Å². The Labute approximate surface area is 112 Å². The van der Waals surface area contributed by atoms with Crippen molar-refractivity contribution in [2.75, 3.05) is 30.7 Å². The molecule has 0 unspecified atom stereocenters. The van der Waals surface area contributed by atoms with Crippen molar-refractivity contribution in [3.8, 4) is 0 Å². The summed E-state index contributed by atoms with van der Waals surface area (Å²) in [4.78, 5) is 13.8. The molecule has 0 bridgehead atoms. The van der Waals surface area contributed by atoms with Crippen LogP contribution < -0.4 is 11.1 Å². The third-order valence-corrected chi connectivity index (χ3v) is 3.47. The molecule has 19 heavy (non-hydrogen) atoms. The van der Waals surface area contributed by atoms with Gasteiger partial charge in [0.15, 0.2) is 0 Å². The number of nitrogens with zero attached hydrogens (tertiary/aromatic N) is 1. The lowest BCUT2D eigenvalue weighted by Crippen LogP contribution is -2.39. The smallest absolute Gasteiger partial charge is 0.241 e.